The summed E-state index contributed by atoms with van der Waals surface area (Å²) in [7, 11) is 0. The molecule has 0 bridgehead atoms. The highest BCUT2D eigenvalue weighted by atomic mass is 15.2. The Morgan fingerprint density at radius 3 is 2.45 bits per heavy atom. The Morgan fingerprint density at radius 2 is 2.09 bits per heavy atom. The van der Waals surface area contributed by atoms with Crippen LogP contribution < -0.4 is 0 Å². The molecule has 1 aliphatic heterocycles. The zero-order chi connectivity index (χ0) is 8.10. The van der Waals surface area contributed by atoms with Crippen molar-refractivity contribution in [3.8, 4) is 0 Å². The SMILES string of the molecule is C=C/C=C(\C=C)CN1CCC1. The van der Waals surface area contributed by atoms with Crippen molar-refractivity contribution in [2.45, 2.75) is 6.42 Å². The highest BCUT2D eigenvalue weighted by Gasteiger charge is 2.12. The number of likely N-dealkylation sites (tertiary alicyclic amines) is 1. The molecular weight excluding hydrogens is 134 g/mol. The Balaban J connectivity index is 2.36. The second kappa shape index (κ2) is 4.14. The van der Waals surface area contributed by atoms with Crippen molar-refractivity contribution in [1.82, 2.24) is 4.90 Å². The third-order valence-corrected chi connectivity index (χ3v) is 1.95. The third kappa shape index (κ3) is 2.35. The van der Waals surface area contributed by atoms with Crippen LogP contribution in [0.4, 0.5) is 0 Å². The summed E-state index contributed by atoms with van der Waals surface area (Å²) in [5, 5.41) is 0. The number of nitrogens with zero attached hydrogens (tertiary/aromatic N) is 1. The lowest BCUT2D eigenvalue weighted by molar-refractivity contribution is 0.200. The number of hydrogen-bond acceptors (Lipinski definition) is 1. The Bertz CT molecular complexity index is 175. The van der Waals surface area contributed by atoms with Gasteiger partial charge in [0.05, 0.1) is 0 Å². The van der Waals surface area contributed by atoms with Gasteiger partial charge in [-0.1, -0.05) is 31.4 Å². The number of hydrogen-bond donors (Lipinski definition) is 0. The molecule has 0 radical (unpaired) electrons. The fourth-order valence-electron chi connectivity index (χ4n) is 1.13. The molecule has 60 valence electrons. The van der Waals surface area contributed by atoms with E-state index in [4.69, 9.17) is 0 Å². The van der Waals surface area contributed by atoms with Crippen molar-refractivity contribution in [2.75, 3.05) is 19.6 Å². The van der Waals surface area contributed by atoms with Crippen molar-refractivity contribution in [3.05, 3.63) is 37.0 Å². The van der Waals surface area contributed by atoms with Crippen molar-refractivity contribution in [2.24, 2.45) is 0 Å². The summed E-state index contributed by atoms with van der Waals surface area (Å²) in [6.07, 6.45) is 7.08. The summed E-state index contributed by atoms with van der Waals surface area (Å²) in [6, 6.07) is 0. The van der Waals surface area contributed by atoms with Crippen molar-refractivity contribution >= 4 is 0 Å². The second-order valence-electron chi connectivity index (χ2n) is 2.81. The van der Waals surface area contributed by atoms with E-state index in [-0.39, 0.29) is 0 Å². The number of rotatable bonds is 4. The monoisotopic (exact) mass is 149 g/mol. The van der Waals surface area contributed by atoms with Gasteiger partial charge in [0, 0.05) is 6.54 Å². The molecule has 1 saturated heterocycles. The maximum absolute atomic E-state index is 3.75. The van der Waals surface area contributed by atoms with E-state index in [2.05, 4.69) is 18.1 Å². The van der Waals surface area contributed by atoms with Gasteiger partial charge in [0.25, 0.3) is 0 Å². The maximum Gasteiger partial charge on any atom is 0.0233 e. The molecule has 0 N–H and O–H groups in total. The Labute approximate surface area is 68.7 Å². The Kier molecular flexibility index (Phi) is 3.12. The van der Waals surface area contributed by atoms with Gasteiger partial charge in [-0.3, -0.25) is 4.90 Å². The summed E-state index contributed by atoms with van der Waals surface area (Å²) in [4.78, 5) is 2.40. The van der Waals surface area contributed by atoms with Crippen LogP contribution in [0.25, 0.3) is 0 Å². The van der Waals surface area contributed by atoms with Crippen LogP contribution in [0.1, 0.15) is 6.42 Å². The van der Waals surface area contributed by atoms with Crippen LogP contribution in [0.3, 0.4) is 0 Å². The Morgan fingerprint density at radius 1 is 1.36 bits per heavy atom. The number of allylic oxidation sites excluding steroid dienone is 2. The fraction of sp³-hybridized carbons (Fsp3) is 0.400. The van der Waals surface area contributed by atoms with Crippen LogP contribution in [-0.2, 0) is 0 Å². The molecule has 0 amide bonds. The molecular formula is C10H15N. The normalized spacial score (nSPS) is 19.1. The Hall–Kier alpha value is -0.820. The van der Waals surface area contributed by atoms with E-state index in [0.29, 0.717) is 0 Å². The maximum atomic E-state index is 3.75. The minimum atomic E-state index is 1.04. The average molecular weight is 149 g/mol. The van der Waals surface area contributed by atoms with Crippen molar-refractivity contribution < 1.29 is 0 Å². The van der Waals surface area contributed by atoms with Gasteiger partial charge < -0.3 is 0 Å². The quantitative estimate of drug-likeness (QED) is 0.552. The van der Waals surface area contributed by atoms with Crippen LogP contribution in [-0.4, -0.2) is 24.5 Å². The first-order valence-electron chi connectivity index (χ1n) is 4.03. The zero-order valence-electron chi connectivity index (χ0n) is 6.92. The van der Waals surface area contributed by atoms with E-state index in [9.17, 15) is 0 Å². The molecule has 0 unspecified atom stereocenters. The molecule has 1 heteroatoms. The van der Waals surface area contributed by atoms with Gasteiger partial charge in [0.1, 0.15) is 0 Å². The minimum Gasteiger partial charge on any atom is -0.299 e. The molecule has 0 aromatic carbocycles. The predicted molar refractivity (Wildman–Crippen MR) is 49.5 cm³/mol. The van der Waals surface area contributed by atoms with Crippen molar-refractivity contribution in [1.29, 1.82) is 0 Å². The summed E-state index contributed by atoms with van der Waals surface area (Å²) < 4.78 is 0. The minimum absolute atomic E-state index is 1.04. The summed E-state index contributed by atoms with van der Waals surface area (Å²) in [5.74, 6) is 0. The molecule has 11 heavy (non-hydrogen) atoms. The summed E-state index contributed by atoms with van der Waals surface area (Å²) in [5.41, 5.74) is 1.26. The van der Waals surface area contributed by atoms with E-state index in [1.54, 1.807) is 0 Å². The van der Waals surface area contributed by atoms with Gasteiger partial charge in [-0.25, -0.2) is 0 Å². The molecule has 0 atom stereocenters. The van der Waals surface area contributed by atoms with E-state index in [1.807, 2.05) is 18.2 Å². The first kappa shape index (κ1) is 8.28. The van der Waals surface area contributed by atoms with Gasteiger partial charge in [-0.15, -0.1) is 0 Å². The molecule has 0 saturated carbocycles. The van der Waals surface area contributed by atoms with Crippen LogP contribution in [0, 0.1) is 0 Å². The first-order valence-corrected chi connectivity index (χ1v) is 4.03. The van der Waals surface area contributed by atoms with E-state index in [1.165, 1.54) is 25.1 Å². The molecule has 0 spiro atoms. The average Bonchev–Trinajstić information content (AvgIpc) is 1.94. The first-order chi connectivity index (χ1) is 5.36. The van der Waals surface area contributed by atoms with Gasteiger partial charge >= 0.3 is 0 Å². The lowest BCUT2D eigenvalue weighted by Crippen LogP contribution is -2.38. The smallest absolute Gasteiger partial charge is 0.0233 e. The summed E-state index contributed by atoms with van der Waals surface area (Å²) >= 11 is 0. The molecule has 1 heterocycles. The van der Waals surface area contributed by atoms with Crippen molar-refractivity contribution in [3.63, 3.8) is 0 Å². The fourth-order valence-corrected chi connectivity index (χ4v) is 1.13. The van der Waals surface area contributed by atoms with Gasteiger partial charge in [0.15, 0.2) is 0 Å². The molecule has 1 aliphatic rings. The highest BCUT2D eigenvalue weighted by Crippen LogP contribution is 2.09. The molecule has 0 aliphatic carbocycles. The predicted octanol–water partition coefficient (Wildman–Crippen LogP) is 1.99. The topological polar surface area (TPSA) is 3.24 Å². The lowest BCUT2D eigenvalue weighted by Gasteiger charge is -2.30. The van der Waals surface area contributed by atoms with Gasteiger partial charge in [-0.2, -0.15) is 0 Å². The van der Waals surface area contributed by atoms with Crippen LogP contribution in [0.5, 0.6) is 0 Å². The van der Waals surface area contributed by atoms with Gasteiger partial charge in [0.2, 0.25) is 0 Å². The molecule has 1 fully saturated rings. The van der Waals surface area contributed by atoms with E-state index in [0.717, 1.165) is 6.54 Å². The third-order valence-electron chi connectivity index (χ3n) is 1.95. The second-order valence-corrected chi connectivity index (χ2v) is 2.81. The van der Waals surface area contributed by atoms with Crippen LogP contribution >= 0.6 is 0 Å². The van der Waals surface area contributed by atoms with E-state index >= 15 is 0 Å². The highest BCUT2D eigenvalue weighted by molar-refractivity contribution is 5.22. The molecule has 0 aromatic rings. The van der Waals surface area contributed by atoms with E-state index < -0.39 is 0 Å². The summed E-state index contributed by atoms with van der Waals surface area (Å²) in [6.45, 7) is 10.9. The van der Waals surface area contributed by atoms with Gasteiger partial charge in [-0.05, 0) is 25.1 Å². The largest absolute Gasteiger partial charge is 0.299 e. The van der Waals surface area contributed by atoms with Crippen LogP contribution in [0.2, 0.25) is 0 Å². The standard InChI is InChI=1S/C10H15N/c1-3-6-10(4-2)9-11-7-5-8-11/h3-4,6H,1-2,5,7-9H2/b10-6+. The van der Waals surface area contributed by atoms with Crippen LogP contribution in [0.15, 0.2) is 37.0 Å². The molecule has 0 aromatic heterocycles. The zero-order valence-corrected chi connectivity index (χ0v) is 6.92. The molecule has 1 rings (SSSR count). The lowest BCUT2D eigenvalue weighted by atomic mass is 10.1. The molecule has 1 nitrogen and oxygen atoms in total.